The fourth-order valence-corrected chi connectivity index (χ4v) is 1.83. The molecule has 21 heavy (non-hydrogen) atoms. The van der Waals surface area contributed by atoms with Crippen LogP contribution in [0.1, 0.15) is 19.4 Å². The Bertz CT molecular complexity index is 526. The number of halogens is 1. The maximum atomic E-state index is 13.1. The maximum Gasteiger partial charge on any atom is 0.321 e. The number of amides is 2. The van der Waals surface area contributed by atoms with Crippen molar-refractivity contribution < 1.29 is 13.9 Å². The zero-order valence-corrected chi connectivity index (χ0v) is 12.5. The van der Waals surface area contributed by atoms with Crippen molar-refractivity contribution in [1.82, 2.24) is 4.90 Å². The molecule has 0 fully saturated rings. The Hall–Kier alpha value is -2.13. The number of hydrogen-bond acceptors (Lipinski definition) is 3. The first-order valence-corrected chi connectivity index (χ1v) is 6.72. The standard InChI is InChI=1S/C15H20FN3O2/c1-11(2)10-19(6-7-21-3)15(20)18-14-5-4-13(16)8-12(14)9-17/h4-5,8,11H,6-7,10H2,1-3H3,(H,18,20). The first-order chi connectivity index (χ1) is 9.97. The van der Waals surface area contributed by atoms with Crippen LogP contribution in [-0.4, -0.2) is 37.7 Å². The predicted molar refractivity (Wildman–Crippen MR) is 78.4 cm³/mol. The van der Waals surface area contributed by atoms with E-state index in [2.05, 4.69) is 5.32 Å². The van der Waals surface area contributed by atoms with Gasteiger partial charge in [-0.2, -0.15) is 5.26 Å². The van der Waals surface area contributed by atoms with E-state index in [1.54, 1.807) is 12.0 Å². The largest absolute Gasteiger partial charge is 0.383 e. The Morgan fingerprint density at radius 3 is 2.81 bits per heavy atom. The summed E-state index contributed by atoms with van der Waals surface area (Å²) in [5, 5.41) is 11.6. The van der Waals surface area contributed by atoms with Gasteiger partial charge in [-0.15, -0.1) is 0 Å². The molecule has 0 aliphatic rings. The number of benzene rings is 1. The molecule has 1 aromatic carbocycles. The number of nitrogens with zero attached hydrogens (tertiary/aromatic N) is 2. The SMILES string of the molecule is COCCN(CC(C)C)C(=O)Nc1ccc(F)cc1C#N. The van der Waals surface area contributed by atoms with Gasteiger partial charge in [0, 0.05) is 20.2 Å². The van der Waals surface area contributed by atoms with Crippen LogP contribution in [-0.2, 0) is 4.74 Å². The number of ether oxygens (including phenoxy) is 1. The molecule has 1 N–H and O–H groups in total. The third kappa shape index (κ3) is 5.40. The van der Waals surface area contributed by atoms with Gasteiger partial charge in [0.25, 0.3) is 0 Å². The molecule has 1 aromatic rings. The highest BCUT2D eigenvalue weighted by molar-refractivity contribution is 5.90. The second kappa shape index (κ2) is 8.22. The van der Waals surface area contributed by atoms with Crippen LogP contribution in [0, 0.1) is 23.1 Å². The minimum atomic E-state index is -0.511. The number of nitriles is 1. The number of rotatable bonds is 6. The van der Waals surface area contributed by atoms with Gasteiger partial charge in [0.15, 0.2) is 0 Å². The van der Waals surface area contributed by atoms with Gasteiger partial charge in [-0.1, -0.05) is 13.8 Å². The van der Waals surface area contributed by atoms with Crippen molar-refractivity contribution in [3.63, 3.8) is 0 Å². The summed E-state index contributed by atoms with van der Waals surface area (Å²) in [6, 6.07) is 5.22. The molecule has 0 unspecified atom stereocenters. The summed E-state index contributed by atoms with van der Waals surface area (Å²) in [6.07, 6.45) is 0. The van der Waals surface area contributed by atoms with E-state index in [4.69, 9.17) is 10.00 Å². The molecule has 5 nitrogen and oxygen atoms in total. The summed E-state index contributed by atoms with van der Waals surface area (Å²) in [7, 11) is 1.57. The fourth-order valence-electron chi connectivity index (χ4n) is 1.83. The Labute approximate surface area is 124 Å². The van der Waals surface area contributed by atoms with Gasteiger partial charge in [0.05, 0.1) is 17.9 Å². The lowest BCUT2D eigenvalue weighted by Gasteiger charge is -2.24. The first kappa shape index (κ1) is 16.9. The average Bonchev–Trinajstić information content (AvgIpc) is 2.44. The van der Waals surface area contributed by atoms with E-state index >= 15 is 0 Å². The lowest BCUT2D eigenvalue weighted by atomic mass is 10.2. The van der Waals surface area contributed by atoms with Crippen molar-refractivity contribution in [3.8, 4) is 6.07 Å². The summed E-state index contributed by atoms with van der Waals surface area (Å²) in [5.41, 5.74) is 0.398. The third-order valence-corrected chi connectivity index (χ3v) is 2.78. The predicted octanol–water partition coefficient (Wildman–Crippen LogP) is 2.83. The highest BCUT2D eigenvalue weighted by Gasteiger charge is 2.16. The fraction of sp³-hybridized carbons (Fsp3) is 0.467. The number of hydrogen-bond donors (Lipinski definition) is 1. The first-order valence-electron chi connectivity index (χ1n) is 6.72. The van der Waals surface area contributed by atoms with Crippen LogP contribution in [0.4, 0.5) is 14.9 Å². The normalized spacial score (nSPS) is 10.3. The van der Waals surface area contributed by atoms with Crippen LogP contribution in [0.3, 0.4) is 0 Å². The summed E-state index contributed by atoms with van der Waals surface area (Å²) >= 11 is 0. The van der Waals surface area contributed by atoms with Crippen molar-refractivity contribution >= 4 is 11.7 Å². The van der Waals surface area contributed by atoms with Gasteiger partial charge in [-0.25, -0.2) is 9.18 Å². The van der Waals surface area contributed by atoms with E-state index in [1.807, 2.05) is 19.9 Å². The molecule has 1 rings (SSSR count). The quantitative estimate of drug-likeness (QED) is 0.877. The van der Waals surface area contributed by atoms with Gasteiger partial charge in [-0.3, -0.25) is 0 Å². The molecule has 0 aliphatic carbocycles. The van der Waals surface area contributed by atoms with Gasteiger partial charge in [0.2, 0.25) is 0 Å². The molecule has 0 saturated heterocycles. The molecule has 6 heteroatoms. The minimum Gasteiger partial charge on any atom is -0.383 e. The summed E-state index contributed by atoms with van der Waals surface area (Å²) in [5.74, 6) is -0.209. The monoisotopic (exact) mass is 293 g/mol. The second-order valence-corrected chi connectivity index (χ2v) is 5.06. The van der Waals surface area contributed by atoms with Gasteiger partial charge in [-0.05, 0) is 24.1 Å². The molecule has 0 aromatic heterocycles. The molecule has 114 valence electrons. The van der Waals surface area contributed by atoms with Crippen LogP contribution in [0.5, 0.6) is 0 Å². The van der Waals surface area contributed by atoms with Crippen LogP contribution in [0.2, 0.25) is 0 Å². The number of methoxy groups -OCH3 is 1. The summed E-state index contributed by atoms with van der Waals surface area (Å²) in [4.78, 5) is 13.9. The van der Waals surface area contributed by atoms with Gasteiger partial charge < -0.3 is 15.0 Å². The molecule has 0 spiro atoms. The van der Waals surface area contributed by atoms with E-state index < -0.39 is 5.82 Å². The van der Waals surface area contributed by atoms with Crippen molar-refractivity contribution in [3.05, 3.63) is 29.6 Å². The van der Waals surface area contributed by atoms with Crippen LogP contribution >= 0.6 is 0 Å². The third-order valence-electron chi connectivity index (χ3n) is 2.78. The Kier molecular flexibility index (Phi) is 6.63. The molecule has 0 atom stereocenters. The lowest BCUT2D eigenvalue weighted by Crippen LogP contribution is -2.39. The number of urea groups is 1. The molecule has 0 saturated carbocycles. The van der Waals surface area contributed by atoms with Crippen LogP contribution < -0.4 is 5.32 Å². The zero-order valence-electron chi connectivity index (χ0n) is 12.5. The highest BCUT2D eigenvalue weighted by atomic mass is 19.1. The zero-order chi connectivity index (χ0) is 15.8. The van der Waals surface area contributed by atoms with Crippen LogP contribution in [0.25, 0.3) is 0 Å². The highest BCUT2D eigenvalue weighted by Crippen LogP contribution is 2.16. The molecule has 0 heterocycles. The number of carbonyl (C=O) groups is 1. The van der Waals surface area contributed by atoms with Gasteiger partial charge >= 0.3 is 6.03 Å². The number of anilines is 1. The minimum absolute atomic E-state index is 0.0968. The Morgan fingerprint density at radius 1 is 1.52 bits per heavy atom. The number of carbonyl (C=O) groups excluding carboxylic acids is 1. The van der Waals surface area contributed by atoms with Crippen molar-refractivity contribution in [1.29, 1.82) is 5.26 Å². The van der Waals surface area contributed by atoms with Crippen molar-refractivity contribution in [2.75, 3.05) is 32.1 Å². The maximum absolute atomic E-state index is 13.1. The van der Waals surface area contributed by atoms with Crippen molar-refractivity contribution in [2.45, 2.75) is 13.8 Å². The average molecular weight is 293 g/mol. The molecular weight excluding hydrogens is 273 g/mol. The molecule has 2 amide bonds. The summed E-state index contributed by atoms with van der Waals surface area (Å²) < 4.78 is 18.1. The molecule has 0 aliphatic heterocycles. The topological polar surface area (TPSA) is 65.4 Å². The lowest BCUT2D eigenvalue weighted by molar-refractivity contribution is 0.150. The van der Waals surface area contributed by atoms with E-state index in [0.717, 1.165) is 6.07 Å². The van der Waals surface area contributed by atoms with E-state index in [-0.39, 0.29) is 11.6 Å². The van der Waals surface area contributed by atoms with E-state index in [9.17, 15) is 9.18 Å². The molecule has 0 bridgehead atoms. The van der Waals surface area contributed by atoms with E-state index in [0.29, 0.717) is 31.3 Å². The Morgan fingerprint density at radius 2 is 2.24 bits per heavy atom. The van der Waals surface area contributed by atoms with Crippen LogP contribution in [0.15, 0.2) is 18.2 Å². The van der Waals surface area contributed by atoms with E-state index in [1.165, 1.54) is 12.1 Å². The Balaban J connectivity index is 2.83. The van der Waals surface area contributed by atoms with Gasteiger partial charge in [0.1, 0.15) is 11.9 Å². The molecular formula is C15H20FN3O2. The smallest absolute Gasteiger partial charge is 0.321 e. The summed E-state index contributed by atoms with van der Waals surface area (Å²) in [6.45, 7) is 5.45. The second-order valence-electron chi connectivity index (χ2n) is 5.06. The van der Waals surface area contributed by atoms with Crippen molar-refractivity contribution in [2.24, 2.45) is 5.92 Å². The molecule has 0 radical (unpaired) electrons. The number of nitrogens with one attached hydrogen (secondary N) is 1.